The van der Waals surface area contributed by atoms with Crippen molar-refractivity contribution in [2.75, 3.05) is 0 Å². The molecule has 1 heterocycles. The zero-order valence-electron chi connectivity index (χ0n) is 20.3. The molecule has 11 heteroatoms. The molecule has 2 aliphatic rings. The lowest BCUT2D eigenvalue weighted by atomic mass is 9.91. The zero-order chi connectivity index (χ0) is 28.3. The van der Waals surface area contributed by atoms with Crippen LogP contribution in [0.4, 0.5) is 26.3 Å². The molecule has 0 spiro atoms. The summed E-state index contributed by atoms with van der Waals surface area (Å²) in [5.74, 6) is -3.67. The first-order valence-corrected chi connectivity index (χ1v) is 12.7. The highest BCUT2D eigenvalue weighted by atomic mass is 35.5. The second-order valence-electron chi connectivity index (χ2n) is 10.4. The minimum atomic E-state index is -4.97. The second kappa shape index (κ2) is 9.40. The maximum absolute atomic E-state index is 14.0. The molecule has 0 N–H and O–H groups in total. The number of nitrogens with zero attached hydrogens (tertiary/aromatic N) is 2. The van der Waals surface area contributed by atoms with E-state index in [9.17, 15) is 41.2 Å². The highest BCUT2D eigenvalue weighted by molar-refractivity contribution is 6.35. The molecule has 1 unspecified atom stereocenters. The number of fused-ring (bicyclic) bond motifs is 1. The average molecular weight is 567 g/mol. The lowest BCUT2D eigenvalue weighted by Crippen LogP contribution is -2.25. The monoisotopic (exact) mass is 566 g/mol. The van der Waals surface area contributed by atoms with Crippen LogP contribution in [-0.4, -0.2) is 22.3 Å². The van der Waals surface area contributed by atoms with Crippen LogP contribution in [0, 0.1) is 16.7 Å². The highest BCUT2D eigenvalue weighted by Gasteiger charge is 2.46. The van der Waals surface area contributed by atoms with E-state index in [1.807, 2.05) is 0 Å². The number of aromatic nitrogens is 1. The minimum Gasteiger partial charge on any atom is -0.335 e. The van der Waals surface area contributed by atoms with Crippen LogP contribution in [0.15, 0.2) is 42.5 Å². The highest BCUT2D eigenvalue weighted by Crippen LogP contribution is 2.49. The number of hydrogen-bond donors (Lipinski definition) is 0. The van der Waals surface area contributed by atoms with Crippen molar-refractivity contribution in [1.29, 1.82) is 5.26 Å². The van der Waals surface area contributed by atoms with Gasteiger partial charge in [0, 0.05) is 29.8 Å². The first-order chi connectivity index (χ1) is 18.2. The van der Waals surface area contributed by atoms with Gasteiger partial charge in [0.1, 0.15) is 0 Å². The summed E-state index contributed by atoms with van der Waals surface area (Å²) in [6.07, 6.45) is -8.32. The van der Waals surface area contributed by atoms with Crippen molar-refractivity contribution in [3.8, 4) is 6.07 Å². The Balaban J connectivity index is 1.51. The third kappa shape index (κ3) is 5.42. The molecule has 0 radical (unpaired) electrons. The number of ketones is 2. The number of benzene rings is 2. The number of alkyl halides is 6. The van der Waals surface area contributed by atoms with Crippen LogP contribution >= 0.6 is 11.6 Å². The lowest BCUT2D eigenvalue weighted by Gasteiger charge is -2.21. The summed E-state index contributed by atoms with van der Waals surface area (Å²) in [5, 5.41) is 9.86. The van der Waals surface area contributed by atoms with Crippen LogP contribution in [0.1, 0.15) is 82.5 Å². The predicted octanol–water partition coefficient (Wildman–Crippen LogP) is 8.44. The number of nitriles is 1. The third-order valence-electron chi connectivity index (χ3n) is 7.42. The Morgan fingerprint density at radius 1 is 1.05 bits per heavy atom. The molecule has 3 aromatic rings. The first-order valence-electron chi connectivity index (χ1n) is 12.3. The fraction of sp³-hybridized carbons (Fsp3) is 0.393. The Labute approximate surface area is 224 Å². The molecule has 0 saturated heterocycles. The summed E-state index contributed by atoms with van der Waals surface area (Å²) in [6.45, 7) is 0. The maximum atomic E-state index is 14.0. The van der Waals surface area contributed by atoms with Gasteiger partial charge >= 0.3 is 12.4 Å². The average Bonchev–Trinajstić information content (AvgIpc) is 3.79. The van der Waals surface area contributed by atoms with E-state index in [4.69, 9.17) is 11.6 Å². The van der Waals surface area contributed by atoms with Crippen LogP contribution in [0.25, 0.3) is 10.9 Å². The molecular formula is C28H21ClF6N2O2. The van der Waals surface area contributed by atoms with Crippen LogP contribution in [0.2, 0.25) is 5.02 Å². The number of halogens is 7. The van der Waals surface area contributed by atoms with Gasteiger partial charge in [-0.15, -0.1) is 0 Å². The summed E-state index contributed by atoms with van der Waals surface area (Å²) < 4.78 is 83.2. The summed E-state index contributed by atoms with van der Waals surface area (Å²) >= 11 is 6.41. The van der Waals surface area contributed by atoms with Gasteiger partial charge in [-0.3, -0.25) is 9.59 Å². The summed E-state index contributed by atoms with van der Waals surface area (Å²) in [6, 6.07) is 9.31. The lowest BCUT2D eigenvalue weighted by molar-refractivity contribution is -0.150. The van der Waals surface area contributed by atoms with E-state index in [0.29, 0.717) is 48.7 Å². The van der Waals surface area contributed by atoms with Crippen molar-refractivity contribution in [3.63, 3.8) is 0 Å². The quantitative estimate of drug-likeness (QED) is 0.203. The second-order valence-corrected chi connectivity index (χ2v) is 10.8. The number of carbonyl (C=O) groups excluding carboxylic acids is 2. The number of carbonyl (C=O) groups is 2. The number of Topliss-reactive ketones (excluding diaryl/α,β-unsaturated/α-hetero) is 2. The Bertz CT molecular complexity index is 1520. The van der Waals surface area contributed by atoms with E-state index in [1.54, 1.807) is 4.57 Å². The van der Waals surface area contributed by atoms with Gasteiger partial charge in [-0.25, -0.2) is 0 Å². The molecule has 0 bridgehead atoms. The van der Waals surface area contributed by atoms with E-state index >= 15 is 0 Å². The Hall–Kier alpha value is -3.32. The fourth-order valence-corrected chi connectivity index (χ4v) is 5.19. The number of hydrogen-bond acceptors (Lipinski definition) is 3. The van der Waals surface area contributed by atoms with Gasteiger partial charge in [0.2, 0.25) is 0 Å². The first kappa shape index (κ1) is 27.3. The molecule has 2 fully saturated rings. The minimum absolute atomic E-state index is 0.00585. The van der Waals surface area contributed by atoms with Gasteiger partial charge in [0.05, 0.1) is 39.2 Å². The van der Waals surface area contributed by atoms with Gasteiger partial charge in [-0.1, -0.05) is 29.8 Å². The van der Waals surface area contributed by atoms with Crippen molar-refractivity contribution >= 4 is 34.1 Å². The SMILES string of the molecule is N#CC1(CC(=O)c2cc3cc(C(=O)CC(c4cccc(C(F)(F)F)c4)C(F)(F)F)n(C4CC4)c3cc2Cl)CC1. The molecule has 204 valence electrons. The molecule has 1 atom stereocenters. The molecule has 2 aromatic carbocycles. The smallest absolute Gasteiger partial charge is 0.335 e. The van der Waals surface area contributed by atoms with Crippen molar-refractivity contribution in [2.24, 2.45) is 5.41 Å². The molecule has 0 aliphatic heterocycles. The Morgan fingerprint density at radius 2 is 1.74 bits per heavy atom. The summed E-state index contributed by atoms with van der Waals surface area (Å²) in [5.41, 5.74) is -1.97. The van der Waals surface area contributed by atoms with Gasteiger partial charge in [0.15, 0.2) is 11.6 Å². The summed E-state index contributed by atoms with van der Waals surface area (Å²) in [7, 11) is 0. The topological polar surface area (TPSA) is 62.9 Å². The normalized spacial score (nSPS) is 17.6. The van der Waals surface area contributed by atoms with Crippen molar-refractivity contribution < 1.29 is 35.9 Å². The molecule has 5 rings (SSSR count). The summed E-state index contributed by atoms with van der Waals surface area (Å²) in [4.78, 5) is 26.2. The van der Waals surface area contributed by atoms with Crippen LogP contribution in [-0.2, 0) is 6.18 Å². The van der Waals surface area contributed by atoms with Crippen LogP contribution < -0.4 is 0 Å². The zero-order valence-corrected chi connectivity index (χ0v) is 21.1. The standard InChI is InChI=1S/C28H21ClF6N2O2/c29-21-12-22-16(9-19(21)25(39)13-26(14-36)6-7-26)10-23(37(22)18-4-5-18)24(38)11-20(28(33,34)35)15-2-1-3-17(8-15)27(30,31)32/h1-3,8-10,12,18,20H,4-7,11,13H2. The van der Waals surface area contributed by atoms with E-state index in [2.05, 4.69) is 6.07 Å². The van der Waals surface area contributed by atoms with Crippen molar-refractivity contribution in [1.82, 2.24) is 4.57 Å². The predicted molar refractivity (Wildman–Crippen MR) is 131 cm³/mol. The molecule has 2 aliphatic carbocycles. The Kier molecular flexibility index (Phi) is 6.57. The van der Waals surface area contributed by atoms with Crippen molar-refractivity contribution in [2.45, 2.75) is 62.8 Å². The molecule has 2 saturated carbocycles. The van der Waals surface area contributed by atoms with E-state index < -0.39 is 47.0 Å². The van der Waals surface area contributed by atoms with Gasteiger partial charge < -0.3 is 4.57 Å². The largest absolute Gasteiger partial charge is 0.416 e. The van der Waals surface area contributed by atoms with Gasteiger partial charge in [-0.2, -0.15) is 31.6 Å². The van der Waals surface area contributed by atoms with Crippen LogP contribution in [0.3, 0.4) is 0 Å². The molecule has 4 nitrogen and oxygen atoms in total. The van der Waals surface area contributed by atoms with E-state index in [0.717, 1.165) is 12.1 Å². The van der Waals surface area contributed by atoms with Gasteiger partial charge in [-0.05, 0) is 55.5 Å². The Morgan fingerprint density at radius 3 is 2.31 bits per heavy atom. The van der Waals surface area contributed by atoms with E-state index in [1.165, 1.54) is 18.2 Å². The fourth-order valence-electron chi connectivity index (χ4n) is 4.93. The van der Waals surface area contributed by atoms with Crippen molar-refractivity contribution in [3.05, 3.63) is 69.9 Å². The number of rotatable bonds is 8. The third-order valence-corrected chi connectivity index (χ3v) is 7.73. The van der Waals surface area contributed by atoms with Gasteiger partial charge in [0.25, 0.3) is 0 Å². The molecular weight excluding hydrogens is 546 g/mol. The molecule has 1 aromatic heterocycles. The van der Waals surface area contributed by atoms with E-state index in [-0.39, 0.29) is 34.5 Å². The maximum Gasteiger partial charge on any atom is 0.416 e. The molecule has 0 amide bonds. The molecule has 39 heavy (non-hydrogen) atoms. The van der Waals surface area contributed by atoms with Crippen LogP contribution in [0.5, 0.6) is 0 Å².